The molecule has 5 heteroatoms. The Labute approximate surface area is 130 Å². The standard InChI is InChI=1S/C17H23NO4/c1-10(14-9-12-5-6-13(14)8-12)18-16(19)11(2)22-17(20)15-4-3-7-21-15/h3-4,7,10-14H,5-6,8-9H2,1-2H3,(H,18,19)/t10-,11+,12+,13+,14-/m1/s1. The summed E-state index contributed by atoms with van der Waals surface area (Å²) in [6.07, 6.45) is 5.75. The van der Waals surface area contributed by atoms with E-state index in [0.717, 1.165) is 11.8 Å². The molecule has 120 valence electrons. The zero-order valence-electron chi connectivity index (χ0n) is 13.1. The minimum Gasteiger partial charge on any atom is -0.457 e. The van der Waals surface area contributed by atoms with Crippen LogP contribution in [0.1, 0.15) is 50.1 Å². The van der Waals surface area contributed by atoms with E-state index in [1.807, 2.05) is 0 Å². The SMILES string of the molecule is C[C@H](OC(=O)c1ccco1)C(=O)N[C@H](C)[C@H]1C[C@H]2CC[C@H]1C2. The maximum Gasteiger partial charge on any atom is 0.374 e. The van der Waals surface area contributed by atoms with E-state index in [4.69, 9.17) is 9.15 Å². The Morgan fingerprint density at radius 1 is 1.32 bits per heavy atom. The summed E-state index contributed by atoms with van der Waals surface area (Å²) in [6.45, 7) is 3.65. The fraction of sp³-hybridized carbons (Fsp3) is 0.647. The van der Waals surface area contributed by atoms with Crippen molar-refractivity contribution in [3.8, 4) is 0 Å². The summed E-state index contributed by atoms with van der Waals surface area (Å²) in [5, 5.41) is 3.01. The Morgan fingerprint density at radius 2 is 2.14 bits per heavy atom. The molecule has 2 fully saturated rings. The van der Waals surface area contributed by atoms with Crippen molar-refractivity contribution in [2.24, 2.45) is 17.8 Å². The summed E-state index contributed by atoms with van der Waals surface area (Å²) in [7, 11) is 0. The van der Waals surface area contributed by atoms with Crippen LogP contribution in [0.25, 0.3) is 0 Å². The third-order valence-electron chi connectivity index (χ3n) is 5.18. The number of carbonyl (C=O) groups is 2. The maximum atomic E-state index is 12.2. The lowest BCUT2D eigenvalue weighted by atomic mass is 9.84. The number of ether oxygens (including phenoxy) is 1. The number of rotatable bonds is 5. The predicted molar refractivity (Wildman–Crippen MR) is 80.1 cm³/mol. The first-order chi connectivity index (χ1) is 10.5. The number of esters is 1. The van der Waals surface area contributed by atoms with Crippen molar-refractivity contribution in [3.05, 3.63) is 24.2 Å². The van der Waals surface area contributed by atoms with Crippen molar-refractivity contribution in [1.82, 2.24) is 5.32 Å². The molecule has 2 aliphatic carbocycles. The fourth-order valence-electron chi connectivity index (χ4n) is 4.02. The molecule has 1 heterocycles. The number of carbonyl (C=O) groups excluding carboxylic acids is 2. The highest BCUT2D eigenvalue weighted by Crippen LogP contribution is 2.49. The molecule has 0 saturated heterocycles. The van der Waals surface area contributed by atoms with Gasteiger partial charge in [-0.15, -0.1) is 0 Å². The summed E-state index contributed by atoms with van der Waals surface area (Å²) in [5.41, 5.74) is 0. The van der Waals surface area contributed by atoms with E-state index < -0.39 is 12.1 Å². The third-order valence-corrected chi connectivity index (χ3v) is 5.18. The number of hydrogen-bond donors (Lipinski definition) is 1. The first-order valence-corrected chi connectivity index (χ1v) is 8.09. The van der Waals surface area contributed by atoms with Gasteiger partial charge in [0.15, 0.2) is 6.10 Å². The Balaban J connectivity index is 1.49. The van der Waals surface area contributed by atoms with E-state index >= 15 is 0 Å². The van der Waals surface area contributed by atoms with Crippen molar-refractivity contribution >= 4 is 11.9 Å². The molecule has 0 spiro atoms. The molecule has 1 N–H and O–H groups in total. The second-order valence-electron chi connectivity index (χ2n) is 6.66. The average molecular weight is 305 g/mol. The molecule has 1 aromatic rings. The molecule has 0 aliphatic heterocycles. The molecule has 5 atom stereocenters. The van der Waals surface area contributed by atoms with E-state index in [2.05, 4.69) is 12.2 Å². The van der Waals surface area contributed by atoms with Gasteiger partial charge in [-0.1, -0.05) is 6.42 Å². The van der Waals surface area contributed by atoms with Gasteiger partial charge in [-0.3, -0.25) is 4.79 Å². The van der Waals surface area contributed by atoms with Gasteiger partial charge in [0.2, 0.25) is 5.76 Å². The van der Waals surface area contributed by atoms with Gasteiger partial charge in [0.05, 0.1) is 6.26 Å². The smallest absolute Gasteiger partial charge is 0.374 e. The van der Waals surface area contributed by atoms with Crippen LogP contribution in [-0.2, 0) is 9.53 Å². The molecule has 0 unspecified atom stereocenters. The van der Waals surface area contributed by atoms with Crippen LogP contribution in [0.2, 0.25) is 0 Å². The van der Waals surface area contributed by atoms with Crippen molar-refractivity contribution in [1.29, 1.82) is 0 Å². The minimum atomic E-state index is -0.821. The van der Waals surface area contributed by atoms with E-state index in [1.165, 1.54) is 38.0 Å². The van der Waals surface area contributed by atoms with Crippen LogP contribution >= 0.6 is 0 Å². The van der Waals surface area contributed by atoms with Crippen LogP contribution in [0.4, 0.5) is 0 Å². The highest BCUT2D eigenvalue weighted by Gasteiger charge is 2.42. The Kier molecular flexibility index (Phi) is 4.23. The van der Waals surface area contributed by atoms with Crippen LogP contribution in [0.5, 0.6) is 0 Å². The molecule has 2 aliphatic rings. The number of fused-ring (bicyclic) bond motifs is 2. The third kappa shape index (κ3) is 3.03. The predicted octanol–water partition coefficient (Wildman–Crippen LogP) is 2.77. The van der Waals surface area contributed by atoms with Crippen LogP contribution in [-0.4, -0.2) is 24.0 Å². The van der Waals surface area contributed by atoms with Gasteiger partial charge in [-0.05, 0) is 63.0 Å². The van der Waals surface area contributed by atoms with E-state index in [9.17, 15) is 9.59 Å². The van der Waals surface area contributed by atoms with Crippen molar-refractivity contribution < 1.29 is 18.7 Å². The quantitative estimate of drug-likeness (QED) is 0.849. The molecule has 1 aromatic heterocycles. The van der Waals surface area contributed by atoms with Crippen molar-refractivity contribution in [3.63, 3.8) is 0 Å². The highest BCUT2D eigenvalue weighted by atomic mass is 16.6. The normalized spacial score (nSPS) is 29.1. The monoisotopic (exact) mass is 305 g/mol. The fourth-order valence-corrected chi connectivity index (χ4v) is 4.02. The molecule has 2 bridgehead atoms. The van der Waals surface area contributed by atoms with Crippen molar-refractivity contribution in [2.75, 3.05) is 0 Å². The average Bonchev–Trinajstić information content (AvgIpc) is 3.23. The van der Waals surface area contributed by atoms with E-state index in [0.29, 0.717) is 5.92 Å². The lowest BCUT2D eigenvalue weighted by Gasteiger charge is -2.29. The van der Waals surface area contributed by atoms with Crippen LogP contribution in [0, 0.1) is 17.8 Å². The summed E-state index contributed by atoms with van der Waals surface area (Å²) < 4.78 is 10.1. The van der Waals surface area contributed by atoms with Gasteiger partial charge < -0.3 is 14.5 Å². The number of amides is 1. The minimum absolute atomic E-state index is 0.112. The first-order valence-electron chi connectivity index (χ1n) is 8.09. The molecule has 1 amide bonds. The second-order valence-corrected chi connectivity index (χ2v) is 6.66. The van der Waals surface area contributed by atoms with Crippen molar-refractivity contribution in [2.45, 2.75) is 51.7 Å². The molecule has 3 rings (SSSR count). The summed E-state index contributed by atoms with van der Waals surface area (Å²) >= 11 is 0. The molecular formula is C17H23NO4. The Hall–Kier alpha value is -1.78. The largest absolute Gasteiger partial charge is 0.457 e. The van der Waals surface area contributed by atoms with Gasteiger partial charge in [0, 0.05) is 6.04 Å². The topological polar surface area (TPSA) is 68.5 Å². The number of hydrogen-bond acceptors (Lipinski definition) is 4. The molecule has 2 saturated carbocycles. The van der Waals surface area contributed by atoms with Crippen LogP contribution in [0.15, 0.2) is 22.8 Å². The van der Waals surface area contributed by atoms with Gasteiger partial charge >= 0.3 is 5.97 Å². The molecule has 5 nitrogen and oxygen atoms in total. The van der Waals surface area contributed by atoms with Gasteiger partial charge in [0.1, 0.15) is 0 Å². The molecule has 0 radical (unpaired) electrons. The van der Waals surface area contributed by atoms with Gasteiger partial charge in [-0.25, -0.2) is 4.79 Å². The summed E-state index contributed by atoms with van der Waals surface area (Å²) in [6, 6.07) is 3.26. The van der Waals surface area contributed by atoms with E-state index in [1.54, 1.807) is 13.0 Å². The number of furan rings is 1. The zero-order chi connectivity index (χ0) is 15.7. The molecular weight excluding hydrogens is 282 g/mol. The summed E-state index contributed by atoms with van der Waals surface area (Å²) in [4.78, 5) is 24.0. The summed E-state index contributed by atoms with van der Waals surface area (Å²) in [5.74, 6) is 1.43. The second kappa shape index (κ2) is 6.15. The highest BCUT2D eigenvalue weighted by molar-refractivity contribution is 5.90. The van der Waals surface area contributed by atoms with Crippen LogP contribution in [0.3, 0.4) is 0 Å². The molecule has 0 aromatic carbocycles. The van der Waals surface area contributed by atoms with Crippen LogP contribution < -0.4 is 5.32 Å². The number of nitrogens with one attached hydrogen (secondary N) is 1. The molecule has 22 heavy (non-hydrogen) atoms. The van der Waals surface area contributed by atoms with Gasteiger partial charge in [-0.2, -0.15) is 0 Å². The zero-order valence-corrected chi connectivity index (χ0v) is 13.1. The maximum absolute atomic E-state index is 12.2. The van der Waals surface area contributed by atoms with Gasteiger partial charge in [0.25, 0.3) is 5.91 Å². The lowest BCUT2D eigenvalue weighted by Crippen LogP contribution is -2.45. The van der Waals surface area contributed by atoms with E-state index in [-0.39, 0.29) is 17.7 Å². The lowest BCUT2D eigenvalue weighted by molar-refractivity contribution is -0.130. The first kappa shape index (κ1) is 15.1. The Bertz CT molecular complexity index is 539. The Morgan fingerprint density at radius 3 is 2.73 bits per heavy atom.